The number of fused-ring (bicyclic) bond motifs is 1. The number of hydrogen-bond acceptors (Lipinski definition) is 8. The lowest BCUT2D eigenvalue weighted by Gasteiger charge is -2.32. The van der Waals surface area contributed by atoms with Crippen LogP contribution in [0.25, 0.3) is 10.9 Å². The van der Waals surface area contributed by atoms with Crippen molar-refractivity contribution in [3.05, 3.63) is 65.9 Å². The highest BCUT2D eigenvalue weighted by molar-refractivity contribution is 7.92. The van der Waals surface area contributed by atoms with Gasteiger partial charge in [-0.05, 0) is 63.0 Å². The Morgan fingerprint density at radius 3 is 1.86 bits per heavy atom. The number of nitrogens with one attached hydrogen (secondary N) is 2. The van der Waals surface area contributed by atoms with Gasteiger partial charge < -0.3 is 25.3 Å². The zero-order valence-electron chi connectivity index (χ0n) is 26.0. The summed E-state index contributed by atoms with van der Waals surface area (Å²) in [6.07, 6.45) is -13.7. The predicted octanol–water partition coefficient (Wildman–Crippen LogP) is 5.05. The zero-order chi connectivity index (χ0) is 37.9. The number of sulfonamides is 1. The lowest BCUT2D eigenvalue weighted by molar-refractivity contribution is -0.193. The molecular formula is C29H32F9N5O6S. The average molecular weight is 750 g/mol. The van der Waals surface area contributed by atoms with Crippen LogP contribution < -0.4 is 10.0 Å². The highest BCUT2D eigenvalue weighted by Crippen LogP contribution is 2.30. The van der Waals surface area contributed by atoms with Gasteiger partial charge in [0.2, 0.25) is 0 Å². The van der Waals surface area contributed by atoms with Crippen LogP contribution in [-0.4, -0.2) is 104 Å². The molecule has 278 valence electrons. The van der Waals surface area contributed by atoms with E-state index in [1.165, 1.54) is 0 Å². The number of halogens is 9. The molecule has 0 aliphatic carbocycles. The number of aliphatic carboxylic acids is 2. The molecule has 21 heteroatoms. The monoisotopic (exact) mass is 749 g/mol. The van der Waals surface area contributed by atoms with Gasteiger partial charge in [-0.15, -0.1) is 0 Å². The minimum Gasteiger partial charge on any atom is -0.475 e. The van der Waals surface area contributed by atoms with Crippen molar-refractivity contribution >= 4 is 38.6 Å². The second-order valence-corrected chi connectivity index (χ2v) is 12.3. The summed E-state index contributed by atoms with van der Waals surface area (Å²) in [5.41, 5.74) is 0.603. The van der Waals surface area contributed by atoms with E-state index < -0.39 is 46.1 Å². The third-order valence-corrected chi connectivity index (χ3v) is 8.11. The number of alkyl halides is 9. The number of anilines is 1. The topological polar surface area (TPSA) is 152 Å². The van der Waals surface area contributed by atoms with Crippen LogP contribution in [0.15, 0.2) is 59.5 Å². The first-order valence-electron chi connectivity index (χ1n) is 14.3. The molecule has 0 atom stereocenters. The first-order valence-corrected chi connectivity index (χ1v) is 15.8. The van der Waals surface area contributed by atoms with Gasteiger partial charge in [0, 0.05) is 38.1 Å². The molecule has 1 saturated heterocycles. The molecule has 1 fully saturated rings. The third kappa shape index (κ3) is 14.0. The summed E-state index contributed by atoms with van der Waals surface area (Å²) in [4.78, 5) is 27.0. The fraction of sp³-hybridized carbons (Fsp3) is 0.414. The van der Waals surface area contributed by atoms with E-state index in [1.807, 2.05) is 18.2 Å². The number of pyridine rings is 1. The highest BCUT2D eigenvalue weighted by atomic mass is 32.2. The molecule has 0 unspecified atom stereocenters. The number of aromatic nitrogens is 1. The van der Waals surface area contributed by atoms with E-state index in [9.17, 15) is 47.9 Å². The van der Waals surface area contributed by atoms with Gasteiger partial charge in [-0.2, -0.15) is 39.5 Å². The van der Waals surface area contributed by atoms with Gasteiger partial charge in [0.1, 0.15) is 0 Å². The van der Waals surface area contributed by atoms with Crippen molar-refractivity contribution in [2.75, 3.05) is 51.0 Å². The molecule has 4 rings (SSSR count). The number of likely N-dealkylation sites (N-methyl/N-ethyl adjacent to an activating group) is 1. The molecule has 50 heavy (non-hydrogen) atoms. The Hall–Kier alpha value is -4.21. The molecule has 4 N–H and O–H groups in total. The van der Waals surface area contributed by atoms with Gasteiger partial charge in [0.15, 0.2) is 0 Å². The van der Waals surface area contributed by atoms with Gasteiger partial charge in [-0.25, -0.2) is 23.0 Å². The van der Waals surface area contributed by atoms with Crippen molar-refractivity contribution < 1.29 is 67.7 Å². The summed E-state index contributed by atoms with van der Waals surface area (Å²) in [7, 11) is -1.96. The molecule has 3 aromatic rings. The van der Waals surface area contributed by atoms with Crippen LogP contribution in [0.1, 0.15) is 17.7 Å². The summed E-state index contributed by atoms with van der Waals surface area (Å²) in [6.45, 7) is 6.80. The Morgan fingerprint density at radius 2 is 1.36 bits per heavy atom. The molecule has 1 aliphatic heterocycles. The van der Waals surface area contributed by atoms with E-state index in [1.54, 1.807) is 12.1 Å². The maximum atomic E-state index is 12.8. The molecule has 0 bridgehead atoms. The van der Waals surface area contributed by atoms with Gasteiger partial charge in [-0.3, -0.25) is 4.72 Å². The van der Waals surface area contributed by atoms with Crippen molar-refractivity contribution in [2.45, 2.75) is 36.4 Å². The molecular weight excluding hydrogens is 717 g/mol. The van der Waals surface area contributed by atoms with Gasteiger partial charge in [-0.1, -0.05) is 18.2 Å². The molecule has 0 saturated carbocycles. The summed E-state index contributed by atoms with van der Waals surface area (Å²) in [5, 5.41) is 18.4. The summed E-state index contributed by atoms with van der Waals surface area (Å²) in [6, 6.07) is 12.3. The first kappa shape index (κ1) is 42.0. The van der Waals surface area contributed by atoms with Crippen molar-refractivity contribution in [3.8, 4) is 0 Å². The highest BCUT2D eigenvalue weighted by Gasteiger charge is 2.39. The van der Waals surface area contributed by atoms with Crippen molar-refractivity contribution in [1.82, 2.24) is 20.1 Å². The normalized spacial score (nSPS) is 14.6. The van der Waals surface area contributed by atoms with Crippen LogP contribution in [0, 0.1) is 0 Å². The molecule has 0 amide bonds. The second kappa shape index (κ2) is 17.6. The number of carboxylic acids is 2. The largest absolute Gasteiger partial charge is 0.490 e. The molecule has 0 radical (unpaired) electrons. The summed E-state index contributed by atoms with van der Waals surface area (Å²) >= 11 is 0. The maximum Gasteiger partial charge on any atom is 0.490 e. The van der Waals surface area contributed by atoms with E-state index in [2.05, 4.69) is 31.9 Å². The van der Waals surface area contributed by atoms with Crippen LogP contribution >= 0.6 is 0 Å². The van der Waals surface area contributed by atoms with Crippen LogP contribution in [0.2, 0.25) is 0 Å². The van der Waals surface area contributed by atoms with Crippen molar-refractivity contribution in [1.29, 1.82) is 0 Å². The Bertz CT molecular complexity index is 1650. The molecule has 0 spiro atoms. The number of hydrogen-bond donors (Lipinski definition) is 4. The van der Waals surface area contributed by atoms with Crippen LogP contribution in [0.4, 0.5) is 45.2 Å². The Labute approximate surface area is 279 Å². The lowest BCUT2D eigenvalue weighted by Crippen LogP contribution is -2.45. The fourth-order valence-electron chi connectivity index (χ4n) is 4.11. The van der Waals surface area contributed by atoms with E-state index in [4.69, 9.17) is 19.8 Å². The number of para-hydroxylation sites is 1. The fourth-order valence-corrected chi connectivity index (χ4v) is 5.18. The molecule has 2 aromatic carbocycles. The standard InChI is InChI=1S/C25H30F3N5O2S.2C2HF3O2/c1-32-14-16-33(17-15-32)13-3-12-29-18-21-9-6-19-4-2-5-23(24(19)30-21)31-36(34,35)22-10-7-20(8-11-22)25(26,27)28;2*3-2(4,5)1(6)7/h2,4-11,29,31H,3,12-18H2,1H3;2*(H,6,7). The molecule has 1 aromatic heterocycles. The number of rotatable bonds is 9. The molecule has 2 heterocycles. The maximum absolute atomic E-state index is 12.8. The second-order valence-electron chi connectivity index (χ2n) is 10.6. The van der Waals surface area contributed by atoms with Crippen molar-refractivity contribution in [3.63, 3.8) is 0 Å². The molecule has 11 nitrogen and oxygen atoms in total. The smallest absolute Gasteiger partial charge is 0.475 e. The minimum atomic E-state index is -5.08. The van der Waals surface area contributed by atoms with Crippen molar-refractivity contribution in [2.24, 2.45) is 0 Å². The quantitative estimate of drug-likeness (QED) is 0.173. The Kier molecular flexibility index (Phi) is 14.8. The predicted molar refractivity (Wildman–Crippen MR) is 162 cm³/mol. The number of carboxylic acid groups (broad SMARTS) is 2. The first-order chi connectivity index (χ1) is 23.0. The van der Waals surface area contributed by atoms with E-state index in [0.29, 0.717) is 12.1 Å². The van der Waals surface area contributed by atoms with Gasteiger partial charge in [0.05, 0.1) is 27.4 Å². The number of benzene rings is 2. The Morgan fingerprint density at radius 1 is 0.820 bits per heavy atom. The van der Waals surface area contributed by atoms with Gasteiger partial charge in [0.25, 0.3) is 10.0 Å². The minimum absolute atomic E-state index is 0.259. The van der Waals surface area contributed by atoms with Crippen LogP contribution in [0.3, 0.4) is 0 Å². The average Bonchev–Trinajstić information content (AvgIpc) is 3.01. The summed E-state index contributed by atoms with van der Waals surface area (Å²) in [5.74, 6) is -5.51. The van der Waals surface area contributed by atoms with Crippen LogP contribution in [-0.2, 0) is 32.3 Å². The summed E-state index contributed by atoms with van der Waals surface area (Å²) < 4.78 is 130. The number of nitrogens with zero attached hydrogens (tertiary/aromatic N) is 3. The zero-order valence-corrected chi connectivity index (χ0v) is 26.8. The number of carbonyl (C=O) groups is 2. The Balaban J connectivity index is 0.000000521. The van der Waals surface area contributed by atoms with E-state index >= 15 is 0 Å². The van der Waals surface area contributed by atoms with E-state index in [0.717, 1.165) is 81.0 Å². The third-order valence-electron chi connectivity index (χ3n) is 6.73. The molecule has 1 aliphatic rings. The SMILES string of the molecule is CN1CCN(CCCNCc2ccc3cccc(NS(=O)(=O)c4ccc(C(F)(F)F)cc4)c3n2)CC1.O=C(O)C(F)(F)F.O=C(O)C(F)(F)F. The lowest BCUT2D eigenvalue weighted by atomic mass is 10.2. The van der Waals surface area contributed by atoms with Crippen LogP contribution in [0.5, 0.6) is 0 Å². The van der Waals surface area contributed by atoms with E-state index in [-0.39, 0.29) is 10.6 Å². The number of piperazine rings is 1. The van der Waals surface area contributed by atoms with Gasteiger partial charge >= 0.3 is 30.5 Å².